The van der Waals surface area contributed by atoms with Gasteiger partial charge in [-0.05, 0) is 37.3 Å². The number of pyridine rings is 1. The zero-order valence-corrected chi connectivity index (χ0v) is 14.8. The summed E-state index contributed by atoms with van der Waals surface area (Å²) in [6.45, 7) is 4.24. The fourth-order valence-corrected chi connectivity index (χ4v) is 4.96. The predicted molar refractivity (Wildman–Crippen MR) is 94.7 cm³/mol. The van der Waals surface area contributed by atoms with E-state index >= 15 is 0 Å². The van der Waals surface area contributed by atoms with E-state index in [1.54, 1.807) is 6.20 Å². The zero-order valence-electron chi connectivity index (χ0n) is 14.8. The van der Waals surface area contributed by atoms with Crippen molar-refractivity contribution in [2.45, 2.75) is 38.5 Å². The van der Waals surface area contributed by atoms with Crippen molar-refractivity contribution in [3.8, 4) is 17.3 Å². The average molecular weight is 334 g/mol. The number of nitriles is 1. The third-order valence-electron chi connectivity index (χ3n) is 6.17. The van der Waals surface area contributed by atoms with E-state index in [1.165, 1.54) is 5.56 Å². The Morgan fingerprint density at radius 3 is 2.92 bits per heavy atom. The maximum absolute atomic E-state index is 10.4. The molecule has 0 spiro atoms. The third kappa shape index (κ3) is 2.13. The fourth-order valence-electron chi connectivity index (χ4n) is 4.96. The Morgan fingerprint density at radius 2 is 2.24 bits per heavy atom. The summed E-state index contributed by atoms with van der Waals surface area (Å²) in [7, 11) is 1.98. The monoisotopic (exact) mass is 334 g/mol. The van der Waals surface area contributed by atoms with Gasteiger partial charge in [0.1, 0.15) is 5.76 Å². The van der Waals surface area contributed by atoms with Crippen LogP contribution in [0.1, 0.15) is 37.9 Å². The molecule has 4 rings (SSSR count). The second-order valence-electron chi connectivity index (χ2n) is 7.54. The van der Waals surface area contributed by atoms with Crippen LogP contribution in [-0.4, -0.2) is 19.9 Å². The fraction of sp³-hybridized carbons (Fsp3) is 0.450. The number of aliphatic hydroxyl groups is 1. The Balaban J connectivity index is 1.90. The predicted octanol–water partition coefficient (Wildman–Crippen LogP) is 3.68. The van der Waals surface area contributed by atoms with E-state index in [9.17, 15) is 10.4 Å². The minimum atomic E-state index is -0.220. The Kier molecular flexibility index (Phi) is 3.47. The summed E-state index contributed by atoms with van der Waals surface area (Å²) in [5.74, 6) is 0.566. The number of aliphatic hydroxyl groups excluding tert-OH is 1. The number of fused-ring (bicyclic) bond motifs is 3. The summed E-state index contributed by atoms with van der Waals surface area (Å²) >= 11 is 0. The molecule has 128 valence electrons. The molecule has 3 atom stereocenters. The molecule has 2 aliphatic rings. The van der Waals surface area contributed by atoms with Crippen LogP contribution in [0.4, 0.5) is 0 Å². The average Bonchev–Trinajstić information content (AvgIpc) is 2.96. The molecule has 1 N–H and O–H groups in total. The molecule has 0 bridgehead atoms. The standard InChI is InChI=1S/C20H22N4O/c1-12-16-7-6-15-17(13-5-4-8-22-11-13)24(3)23-19(15)20(16,2)9-14(10-21)18(12)25/h4-5,8,11-12,16,25H,6-7,9H2,1-3H3/t12-,16-,20-/m0/s1. The quantitative estimate of drug-likeness (QED) is 0.863. The maximum Gasteiger partial charge on any atom is 0.109 e. The van der Waals surface area contributed by atoms with Crippen molar-refractivity contribution in [3.63, 3.8) is 0 Å². The van der Waals surface area contributed by atoms with Crippen LogP contribution < -0.4 is 0 Å². The van der Waals surface area contributed by atoms with Crippen molar-refractivity contribution >= 4 is 0 Å². The lowest BCUT2D eigenvalue weighted by Crippen LogP contribution is -2.44. The third-order valence-corrected chi connectivity index (χ3v) is 6.17. The van der Waals surface area contributed by atoms with Crippen molar-refractivity contribution in [1.29, 1.82) is 5.26 Å². The van der Waals surface area contributed by atoms with Gasteiger partial charge < -0.3 is 5.11 Å². The zero-order chi connectivity index (χ0) is 17.8. The van der Waals surface area contributed by atoms with Gasteiger partial charge in [-0.25, -0.2) is 0 Å². The van der Waals surface area contributed by atoms with Gasteiger partial charge in [0.25, 0.3) is 0 Å². The molecule has 2 aromatic rings. The smallest absolute Gasteiger partial charge is 0.109 e. The lowest BCUT2D eigenvalue weighted by Gasteiger charge is -2.46. The van der Waals surface area contributed by atoms with Crippen molar-refractivity contribution in [2.75, 3.05) is 0 Å². The van der Waals surface area contributed by atoms with E-state index < -0.39 is 0 Å². The van der Waals surface area contributed by atoms with Crippen LogP contribution in [0.5, 0.6) is 0 Å². The molecule has 2 aromatic heterocycles. The minimum Gasteiger partial charge on any atom is -0.511 e. The van der Waals surface area contributed by atoms with Crippen LogP contribution >= 0.6 is 0 Å². The molecular weight excluding hydrogens is 312 g/mol. The van der Waals surface area contributed by atoms with Crippen LogP contribution in [0.25, 0.3) is 11.3 Å². The van der Waals surface area contributed by atoms with E-state index in [0.29, 0.717) is 17.9 Å². The molecule has 0 amide bonds. The molecule has 25 heavy (non-hydrogen) atoms. The lowest BCUT2D eigenvalue weighted by atomic mass is 9.57. The van der Waals surface area contributed by atoms with Crippen LogP contribution in [-0.2, 0) is 18.9 Å². The van der Waals surface area contributed by atoms with Gasteiger partial charge in [-0.1, -0.05) is 13.8 Å². The van der Waals surface area contributed by atoms with Gasteiger partial charge in [-0.2, -0.15) is 10.4 Å². The highest BCUT2D eigenvalue weighted by Crippen LogP contribution is 2.54. The van der Waals surface area contributed by atoms with E-state index in [1.807, 2.05) is 30.9 Å². The SMILES string of the molecule is C[C@@H]1C(O)=C(C#N)C[C@]2(C)c3nn(C)c(-c4cccnc4)c3CC[C@@H]12. The molecule has 5 heteroatoms. The number of hydrogen-bond donors (Lipinski definition) is 1. The number of aryl methyl sites for hydroxylation is 1. The molecule has 0 aromatic carbocycles. The first-order chi connectivity index (χ1) is 12.0. The largest absolute Gasteiger partial charge is 0.511 e. The summed E-state index contributed by atoms with van der Waals surface area (Å²) < 4.78 is 1.95. The topological polar surface area (TPSA) is 74.7 Å². The van der Waals surface area contributed by atoms with Gasteiger partial charge in [0.05, 0.1) is 23.0 Å². The Hall–Kier alpha value is -2.61. The second kappa shape index (κ2) is 5.45. The van der Waals surface area contributed by atoms with Gasteiger partial charge in [-0.3, -0.25) is 9.67 Å². The van der Waals surface area contributed by atoms with Crippen molar-refractivity contribution in [3.05, 3.63) is 47.1 Å². The highest BCUT2D eigenvalue weighted by Gasteiger charge is 2.50. The van der Waals surface area contributed by atoms with E-state index in [0.717, 1.165) is 29.8 Å². The molecule has 0 unspecified atom stereocenters. The molecule has 2 aliphatic carbocycles. The van der Waals surface area contributed by atoms with Crippen LogP contribution in [0, 0.1) is 23.2 Å². The van der Waals surface area contributed by atoms with Crippen molar-refractivity contribution in [2.24, 2.45) is 18.9 Å². The van der Waals surface area contributed by atoms with E-state index in [-0.39, 0.29) is 17.1 Å². The molecule has 0 aliphatic heterocycles. The molecular formula is C20H22N4O. The van der Waals surface area contributed by atoms with Crippen LogP contribution in [0.15, 0.2) is 35.9 Å². The van der Waals surface area contributed by atoms with Gasteiger partial charge in [0, 0.05) is 41.9 Å². The van der Waals surface area contributed by atoms with Gasteiger partial charge in [-0.15, -0.1) is 0 Å². The molecule has 5 nitrogen and oxygen atoms in total. The number of aromatic nitrogens is 3. The maximum atomic E-state index is 10.4. The minimum absolute atomic E-state index is 0.00889. The Morgan fingerprint density at radius 1 is 1.44 bits per heavy atom. The summed E-state index contributed by atoms with van der Waals surface area (Å²) in [5.41, 5.74) is 4.82. The molecule has 0 saturated carbocycles. The molecule has 0 saturated heterocycles. The normalized spacial score (nSPS) is 28.2. The van der Waals surface area contributed by atoms with E-state index in [4.69, 9.17) is 5.10 Å². The number of hydrogen-bond acceptors (Lipinski definition) is 4. The number of allylic oxidation sites excluding steroid dienone is 2. The van der Waals surface area contributed by atoms with Gasteiger partial charge in [0.2, 0.25) is 0 Å². The summed E-state index contributed by atoms with van der Waals surface area (Å²) in [5, 5.41) is 24.8. The summed E-state index contributed by atoms with van der Waals surface area (Å²) in [4.78, 5) is 4.25. The number of rotatable bonds is 1. The first-order valence-electron chi connectivity index (χ1n) is 8.76. The molecule has 0 fully saturated rings. The van der Waals surface area contributed by atoms with E-state index in [2.05, 4.69) is 24.0 Å². The summed E-state index contributed by atoms with van der Waals surface area (Å²) in [6, 6.07) is 6.22. The molecule has 0 radical (unpaired) electrons. The van der Waals surface area contributed by atoms with Crippen molar-refractivity contribution in [1.82, 2.24) is 14.8 Å². The number of nitrogens with zero attached hydrogens (tertiary/aromatic N) is 4. The Labute approximate surface area is 147 Å². The van der Waals surface area contributed by atoms with Crippen LogP contribution in [0.3, 0.4) is 0 Å². The lowest BCUT2D eigenvalue weighted by molar-refractivity contribution is 0.136. The van der Waals surface area contributed by atoms with Gasteiger partial charge in [0.15, 0.2) is 0 Å². The first-order valence-corrected chi connectivity index (χ1v) is 8.76. The Bertz CT molecular complexity index is 906. The first kappa shape index (κ1) is 15.9. The van der Waals surface area contributed by atoms with Gasteiger partial charge >= 0.3 is 0 Å². The highest BCUT2D eigenvalue weighted by atomic mass is 16.3. The van der Waals surface area contributed by atoms with Crippen molar-refractivity contribution < 1.29 is 5.11 Å². The summed E-state index contributed by atoms with van der Waals surface area (Å²) in [6.07, 6.45) is 6.14. The van der Waals surface area contributed by atoms with Crippen LogP contribution in [0.2, 0.25) is 0 Å². The highest BCUT2D eigenvalue weighted by molar-refractivity contribution is 5.65. The molecule has 2 heterocycles. The second-order valence-corrected chi connectivity index (χ2v) is 7.54.